The van der Waals surface area contributed by atoms with Crippen LogP contribution in [0.15, 0.2) is 53.4 Å². The fraction of sp³-hybridized carbons (Fsp3) is 0.483. The highest BCUT2D eigenvalue weighted by atomic mass is 32.2. The predicted octanol–water partition coefficient (Wildman–Crippen LogP) is 3.61. The molecular weight excluding hydrogens is 534 g/mol. The number of ether oxygens (including phenoxy) is 2. The summed E-state index contributed by atoms with van der Waals surface area (Å²) >= 11 is 0. The van der Waals surface area contributed by atoms with Gasteiger partial charge in [0.1, 0.15) is 11.8 Å². The van der Waals surface area contributed by atoms with Crippen LogP contribution in [0.3, 0.4) is 0 Å². The monoisotopic (exact) mass is 571 g/mol. The molecule has 0 radical (unpaired) electrons. The topological polar surface area (TPSA) is 146 Å². The van der Waals surface area contributed by atoms with Crippen LogP contribution in [-0.2, 0) is 24.4 Å². The van der Waals surface area contributed by atoms with Crippen molar-refractivity contribution in [3.8, 4) is 11.8 Å². The predicted molar refractivity (Wildman–Crippen MR) is 148 cm³/mol. The molecule has 1 amide bonds. The highest BCUT2D eigenvalue weighted by Gasteiger charge is 2.37. The van der Waals surface area contributed by atoms with Crippen LogP contribution >= 0.6 is 0 Å². The molecule has 2 heterocycles. The Morgan fingerprint density at radius 3 is 2.48 bits per heavy atom. The summed E-state index contributed by atoms with van der Waals surface area (Å²) in [4.78, 5) is 25.7. The number of likely N-dealkylation sites (tertiary alicyclic amines) is 1. The zero-order valence-electron chi connectivity index (χ0n) is 22.9. The number of aryl methyl sites for hydroxylation is 1. The third-order valence-corrected chi connectivity index (χ3v) is 7.75. The van der Waals surface area contributed by atoms with E-state index in [4.69, 9.17) is 14.0 Å². The smallest absolute Gasteiger partial charge is 0.305 e. The fourth-order valence-electron chi connectivity index (χ4n) is 4.73. The molecule has 2 saturated heterocycles. The van der Waals surface area contributed by atoms with Crippen molar-refractivity contribution in [2.24, 2.45) is 0 Å². The van der Waals surface area contributed by atoms with Crippen molar-refractivity contribution < 1.29 is 32.0 Å². The summed E-state index contributed by atoms with van der Waals surface area (Å²) in [6, 6.07) is 15.7. The van der Waals surface area contributed by atoms with Crippen molar-refractivity contribution in [1.29, 1.82) is 5.26 Å². The van der Waals surface area contributed by atoms with E-state index in [1.54, 1.807) is 24.0 Å². The van der Waals surface area contributed by atoms with Gasteiger partial charge in [-0.2, -0.15) is 13.7 Å². The number of hydrogen-bond acceptors (Lipinski definition) is 8. The number of nitrogens with one attached hydrogen (secondary N) is 1. The number of nitrogens with zero attached hydrogens (tertiary/aromatic N) is 2. The van der Waals surface area contributed by atoms with Gasteiger partial charge in [-0.05, 0) is 75.3 Å². The lowest BCUT2D eigenvalue weighted by atomic mass is 9.96. The highest BCUT2D eigenvalue weighted by Crippen LogP contribution is 2.29. The lowest BCUT2D eigenvalue weighted by Crippen LogP contribution is -2.45. The minimum absolute atomic E-state index is 0.0538. The second-order valence-electron chi connectivity index (χ2n) is 9.83. The minimum Gasteiger partial charge on any atom is -0.494 e. The molecule has 0 aliphatic carbocycles. The molecule has 4 rings (SSSR count). The van der Waals surface area contributed by atoms with E-state index < -0.39 is 10.1 Å². The van der Waals surface area contributed by atoms with Crippen LogP contribution in [0, 0.1) is 18.3 Å². The molecule has 11 heteroatoms. The van der Waals surface area contributed by atoms with Crippen molar-refractivity contribution in [3.05, 3.63) is 59.7 Å². The molecule has 0 unspecified atom stereocenters. The molecule has 2 aromatic carbocycles. The minimum atomic E-state index is -4.02. The number of carbonyl (C=O) groups excluding carboxylic acids is 2. The molecule has 2 fully saturated rings. The van der Waals surface area contributed by atoms with Crippen molar-refractivity contribution in [2.75, 3.05) is 26.3 Å². The van der Waals surface area contributed by atoms with E-state index in [0.29, 0.717) is 32.6 Å². The molecule has 40 heavy (non-hydrogen) atoms. The van der Waals surface area contributed by atoms with E-state index in [1.165, 1.54) is 17.7 Å². The Balaban J connectivity index is 0.000000336. The van der Waals surface area contributed by atoms with Crippen LogP contribution in [0.4, 0.5) is 0 Å². The average Bonchev–Trinajstić information content (AvgIpc) is 3.62. The normalized spacial score (nSPS) is 20.2. The second-order valence-corrected chi connectivity index (χ2v) is 11.2. The van der Waals surface area contributed by atoms with Crippen LogP contribution in [0.5, 0.6) is 5.75 Å². The van der Waals surface area contributed by atoms with Crippen LogP contribution < -0.4 is 10.1 Å². The van der Waals surface area contributed by atoms with Gasteiger partial charge in [-0.25, -0.2) is 0 Å². The van der Waals surface area contributed by atoms with Crippen LogP contribution in [0.2, 0.25) is 0 Å². The van der Waals surface area contributed by atoms with Gasteiger partial charge in [-0.1, -0.05) is 29.8 Å². The number of amides is 1. The maximum Gasteiger partial charge on any atom is 0.305 e. The summed E-state index contributed by atoms with van der Waals surface area (Å²) in [5, 5.41) is 12.5. The molecule has 0 aromatic heterocycles. The van der Waals surface area contributed by atoms with E-state index in [9.17, 15) is 23.3 Å². The molecule has 216 valence electrons. The summed E-state index contributed by atoms with van der Waals surface area (Å²) in [7, 11) is -4.02. The van der Waals surface area contributed by atoms with Crippen molar-refractivity contribution in [1.82, 2.24) is 10.2 Å². The third-order valence-electron chi connectivity index (χ3n) is 6.88. The lowest BCUT2D eigenvalue weighted by molar-refractivity contribution is -0.143. The molecule has 0 spiro atoms. The van der Waals surface area contributed by atoms with Gasteiger partial charge in [0.2, 0.25) is 5.91 Å². The zero-order valence-corrected chi connectivity index (χ0v) is 23.7. The Morgan fingerprint density at radius 2 is 1.85 bits per heavy atom. The second kappa shape index (κ2) is 14.8. The fourth-order valence-corrected chi connectivity index (χ4v) is 5.21. The van der Waals surface area contributed by atoms with Gasteiger partial charge < -0.3 is 19.7 Å². The summed E-state index contributed by atoms with van der Waals surface area (Å²) < 4.78 is 40.1. The first kappa shape index (κ1) is 31.1. The first-order chi connectivity index (χ1) is 19.1. The average molecular weight is 572 g/mol. The summed E-state index contributed by atoms with van der Waals surface area (Å²) in [6.07, 6.45) is 3.41. The standard InChI is InChI=1S/C22H29N3O4.C7H8O3S/c1-2-28-21(26)6-4-12-29-19-9-7-16(8-10-19)17-13-20(24-15-17)22(27)25-11-3-5-18(25)14-23;1-6-2-4-7(5-3-6)11(8,9)10/h7-10,17-18,20,24H,2-6,11-13,15H2,1H3;2-5H,1H3,(H,8,9,10)/t17-,18-,20-;/m0./s1. The number of rotatable bonds is 9. The van der Waals surface area contributed by atoms with Gasteiger partial charge in [0, 0.05) is 19.5 Å². The lowest BCUT2D eigenvalue weighted by Gasteiger charge is -2.23. The highest BCUT2D eigenvalue weighted by molar-refractivity contribution is 7.85. The Hall–Kier alpha value is -3.46. The first-order valence-electron chi connectivity index (χ1n) is 13.5. The van der Waals surface area contributed by atoms with Gasteiger partial charge in [0.25, 0.3) is 10.1 Å². The Morgan fingerprint density at radius 1 is 1.15 bits per heavy atom. The van der Waals surface area contributed by atoms with E-state index in [2.05, 4.69) is 11.4 Å². The maximum atomic E-state index is 12.7. The molecule has 3 atom stereocenters. The van der Waals surface area contributed by atoms with Crippen molar-refractivity contribution in [3.63, 3.8) is 0 Å². The first-order valence-corrected chi connectivity index (χ1v) is 14.9. The van der Waals surface area contributed by atoms with E-state index >= 15 is 0 Å². The molecule has 0 bridgehead atoms. The maximum absolute atomic E-state index is 12.7. The van der Waals surface area contributed by atoms with Gasteiger partial charge in [0.05, 0.1) is 30.2 Å². The molecule has 10 nitrogen and oxygen atoms in total. The van der Waals surface area contributed by atoms with Gasteiger partial charge in [0.15, 0.2) is 0 Å². The van der Waals surface area contributed by atoms with E-state index in [1.807, 2.05) is 31.2 Å². The van der Waals surface area contributed by atoms with Crippen LogP contribution in [0.25, 0.3) is 0 Å². The van der Waals surface area contributed by atoms with Crippen molar-refractivity contribution >= 4 is 22.0 Å². The molecule has 0 saturated carbocycles. The number of nitriles is 1. The largest absolute Gasteiger partial charge is 0.494 e. The SMILES string of the molecule is CCOC(=O)CCCOc1ccc([C@@H]2CN[C@H](C(=O)N3CCC[C@H]3C#N)C2)cc1.Cc1ccc(S(=O)(=O)O)cc1. The molecule has 2 aliphatic rings. The van der Waals surface area contributed by atoms with E-state index in [0.717, 1.165) is 37.1 Å². The number of benzene rings is 2. The van der Waals surface area contributed by atoms with Gasteiger partial charge in [-0.3, -0.25) is 14.1 Å². The molecule has 2 N–H and O–H groups in total. The molecule has 2 aromatic rings. The van der Waals surface area contributed by atoms with Crippen molar-refractivity contribution in [2.45, 2.75) is 68.8 Å². The zero-order chi connectivity index (χ0) is 29.1. The molecular formula is C29H37N3O7S. The summed E-state index contributed by atoms with van der Waals surface area (Å²) in [5.74, 6) is 0.896. The number of carbonyl (C=O) groups is 2. The summed E-state index contributed by atoms with van der Waals surface area (Å²) in [6.45, 7) is 5.94. The van der Waals surface area contributed by atoms with E-state index in [-0.39, 0.29) is 34.8 Å². The summed E-state index contributed by atoms with van der Waals surface area (Å²) in [5.41, 5.74) is 2.13. The quantitative estimate of drug-likeness (QED) is 0.262. The Bertz CT molecular complexity index is 1270. The van der Waals surface area contributed by atoms with Crippen LogP contribution in [0.1, 0.15) is 56.1 Å². The Kier molecular flexibility index (Phi) is 11.5. The van der Waals surface area contributed by atoms with Crippen LogP contribution in [-0.4, -0.2) is 68.1 Å². The third kappa shape index (κ3) is 9.05. The van der Waals surface area contributed by atoms with Gasteiger partial charge in [-0.15, -0.1) is 0 Å². The number of hydrogen-bond donors (Lipinski definition) is 2. The van der Waals surface area contributed by atoms with Gasteiger partial charge >= 0.3 is 5.97 Å². The molecule has 2 aliphatic heterocycles. The Labute approximate surface area is 236 Å². The number of esters is 1.